The van der Waals surface area contributed by atoms with E-state index in [2.05, 4.69) is 0 Å². The van der Waals surface area contributed by atoms with Gasteiger partial charge in [-0.3, -0.25) is 10.1 Å². The molecule has 0 spiro atoms. The van der Waals surface area contributed by atoms with Crippen LogP contribution in [0, 0.1) is 16.0 Å². The van der Waals surface area contributed by atoms with Crippen molar-refractivity contribution in [3.05, 3.63) is 38.9 Å². The van der Waals surface area contributed by atoms with E-state index in [0.29, 0.717) is 0 Å². The van der Waals surface area contributed by atoms with E-state index in [1.165, 1.54) is 18.2 Å². The van der Waals surface area contributed by atoms with Gasteiger partial charge in [-0.15, -0.1) is 0 Å². The summed E-state index contributed by atoms with van der Waals surface area (Å²) >= 11 is 5.82. The van der Waals surface area contributed by atoms with Crippen LogP contribution in [-0.4, -0.2) is 17.0 Å². The highest BCUT2D eigenvalue weighted by atomic mass is 35.5. The quantitative estimate of drug-likeness (QED) is 0.478. The molecule has 1 atom stereocenters. The van der Waals surface area contributed by atoms with Gasteiger partial charge in [-0.05, 0) is 18.9 Å². The highest BCUT2D eigenvalue weighted by molar-refractivity contribution is 6.35. The maximum Gasteiger partial charge on any atom is 0.340 e. The fourth-order valence-electron chi connectivity index (χ4n) is 1.19. The molecular weight excluding hydrogens is 258 g/mol. The third-order valence-corrected chi connectivity index (χ3v) is 3.02. The minimum atomic E-state index is -0.648. The lowest BCUT2D eigenvalue weighted by atomic mass is 10.1. The number of ether oxygens (including phenoxy) is 1. The first kappa shape index (κ1) is 14.4. The average molecular weight is 272 g/mol. The number of benzene rings is 1. The zero-order valence-corrected chi connectivity index (χ0v) is 11.1. The summed E-state index contributed by atoms with van der Waals surface area (Å²) < 4.78 is 5.17. The van der Waals surface area contributed by atoms with Gasteiger partial charge in [0.1, 0.15) is 11.1 Å². The van der Waals surface area contributed by atoms with Crippen LogP contribution >= 0.6 is 11.6 Å². The molecule has 0 aliphatic carbocycles. The van der Waals surface area contributed by atoms with Crippen LogP contribution in [0.4, 0.5) is 5.69 Å². The number of nitrogens with zero attached hydrogens (tertiary/aromatic N) is 1. The molecule has 0 amide bonds. The van der Waals surface area contributed by atoms with Crippen molar-refractivity contribution < 1.29 is 14.5 Å². The molecule has 0 N–H and O–H groups in total. The Morgan fingerprint density at radius 1 is 1.39 bits per heavy atom. The third kappa shape index (κ3) is 3.20. The van der Waals surface area contributed by atoms with E-state index < -0.39 is 10.9 Å². The Balaban J connectivity index is 3.00. The van der Waals surface area contributed by atoms with Crippen molar-refractivity contribution in [2.75, 3.05) is 0 Å². The average Bonchev–Trinajstić information content (AvgIpc) is 2.28. The molecule has 98 valence electrons. The van der Waals surface area contributed by atoms with E-state index in [1.807, 2.05) is 13.8 Å². The third-order valence-electron chi connectivity index (χ3n) is 2.63. The summed E-state index contributed by atoms with van der Waals surface area (Å²) in [7, 11) is 0. The van der Waals surface area contributed by atoms with Crippen molar-refractivity contribution in [1.82, 2.24) is 0 Å². The fourth-order valence-corrected chi connectivity index (χ4v) is 1.46. The van der Waals surface area contributed by atoms with E-state index >= 15 is 0 Å². The SMILES string of the molecule is CC(C)C(C)OC(=O)c1cccc([N+](=O)[O-])c1Cl. The van der Waals surface area contributed by atoms with Crippen LogP contribution in [0.1, 0.15) is 31.1 Å². The van der Waals surface area contributed by atoms with Crippen molar-refractivity contribution in [2.24, 2.45) is 5.92 Å². The second kappa shape index (κ2) is 5.82. The molecule has 0 saturated heterocycles. The number of nitro benzene ring substituents is 1. The lowest BCUT2D eigenvalue weighted by Gasteiger charge is -2.16. The molecule has 0 bridgehead atoms. The van der Waals surface area contributed by atoms with Gasteiger partial charge in [-0.2, -0.15) is 0 Å². The minimum absolute atomic E-state index is 0.0124. The molecule has 18 heavy (non-hydrogen) atoms. The second-order valence-corrected chi connectivity index (χ2v) is 4.63. The molecule has 0 fully saturated rings. The maximum atomic E-state index is 11.8. The summed E-state index contributed by atoms with van der Waals surface area (Å²) in [4.78, 5) is 21.9. The predicted molar refractivity (Wildman–Crippen MR) is 67.8 cm³/mol. The molecule has 1 rings (SSSR count). The summed E-state index contributed by atoms with van der Waals surface area (Å²) in [5.41, 5.74) is -0.290. The van der Waals surface area contributed by atoms with E-state index in [0.717, 1.165) is 0 Å². The van der Waals surface area contributed by atoms with Gasteiger partial charge in [-0.1, -0.05) is 31.5 Å². The van der Waals surface area contributed by atoms with Crippen molar-refractivity contribution >= 4 is 23.3 Å². The standard InChI is InChI=1S/C12H14ClNO4/c1-7(2)8(3)18-12(15)9-5-4-6-10(11(9)13)14(16)17/h4-8H,1-3H3. The van der Waals surface area contributed by atoms with Crippen molar-refractivity contribution in [3.8, 4) is 0 Å². The van der Waals surface area contributed by atoms with Crippen LogP contribution in [0.15, 0.2) is 18.2 Å². The largest absolute Gasteiger partial charge is 0.459 e. The summed E-state index contributed by atoms with van der Waals surface area (Å²) in [6.45, 7) is 5.58. The molecule has 0 radical (unpaired) electrons. The van der Waals surface area contributed by atoms with Gasteiger partial charge in [-0.25, -0.2) is 4.79 Å². The lowest BCUT2D eigenvalue weighted by Crippen LogP contribution is -2.20. The second-order valence-electron chi connectivity index (χ2n) is 4.25. The number of carbonyl (C=O) groups excluding carboxylic acids is 1. The van der Waals surface area contributed by atoms with Gasteiger partial charge in [0.25, 0.3) is 5.69 Å². The van der Waals surface area contributed by atoms with Gasteiger partial charge < -0.3 is 4.74 Å². The number of esters is 1. The first-order chi connectivity index (χ1) is 8.34. The van der Waals surface area contributed by atoms with Crippen molar-refractivity contribution in [2.45, 2.75) is 26.9 Å². The number of halogens is 1. The van der Waals surface area contributed by atoms with E-state index in [1.54, 1.807) is 6.92 Å². The molecule has 1 unspecified atom stereocenters. The van der Waals surface area contributed by atoms with Crippen LogP contribution < -0.4 is 0 Å². The fraction of sp³-hybridized carbons (Fsp3) is 0.417. The Kier molecular flexibility index (Phi) is 4.67. The molecule has 0 aliphatic heterocycles. The van der Waals surface area contributed by atoms with Crippen molar-refractivity contribution in [1.29, 1.82) is 0 Å². The van der Waals surface area contributed by atoms with Gasteiger partial charge in [0.2, 0.25) is 0 Å². The Bertz CT molecular complexity index is 473. The molecule has 5 nitrogen and oxygen atoms in total. The monoisotopic (exact) mass is 271 g/mol. The van der Waals surface area contributed by atoms with Gasteiger partial charge in [0, 0.05) is 6.07 Å². The summed E-state index contributed by atoms with van der Waals surface area (Å²) in [6.07, 6.45) is -0.284. The van der Waals surface area contributed by atoms with Gasteiger partial charge >= 0.3 is 5.97 Å². The van der Waals surface area contributed by atoms with Crippen LogP contribution in [0.2, 0.25) is 5.02 Å². The molecular formula is C12H14ClNO4. The molecule has 1 aromatic rings. The molecule has 6 heteroatoms. The Morgan fingerprint density at radius 3 is 2.50 bits per heavy atom. The van der Waals surface area contributed by atoms with E-state index in [4.69, 9.17) is 16.3 Å². The summed E-state index contributed by atoms with van der Waals surface area (Å²) in [5, 5.41) is 10.5. The first-order valence-electron chi connectivity index (χ1n) is 5.48. The molecule has 0 saturated carbocycles. The molecule has 1 aromatic carbocycles. The van der Waals surface area contributed by atoms with Crippen LogP contribution in [0.5, 0.6) is 0 Å². The van der Waals surface area contributed by atoms with Gasteiger partial charge in [0.15, 0.2) is 0 Å². The maximum absolute atomic E-state index is 11.8. The van der Waals surface area contributed by atoms with Crippen LogP contribution in [-0.2, 0) is 4.74 Å². The Hall–Kier alpha value is -1.62. The first-order valence-corrected chi connectivity index (χ1v) is 5.86. The number of hydrogen-bond donors (Lipinski definition) is 0. The highest BCUT2D eigenvalue weighted by Crippen LogP contribution is 2.28. The number of rotatable bonds is 4. The predicted octanol–water partition coefficient (Wildman–Crippen LogP) is 3.45. The summed E-state index contributed by atoms with van der Waals surface area (Å²) in [5.74, 6) is -0.490. The molecule has 0 heterocycles. The van der Waals surface area contributed by atoms with Crippen LogP contribution in [0.25, 0.3) is 0 Å². The van der Waals surface area contributed by atoms with Gasteiger partial charge in [0.05, 0.1) is 10.5 Å². The Morgan fingerprint density at radius 2 is 2.00 bits per heavy atom. The zero-order valence-electron chi connectivity index (χ0n) is 10.3. The minimum Gasteiger partial charge on any atom is -0.459 e. The van der Waals surface area contributed by atoms with Crippen molar-refractivity contribution in [3.63, 3.8) is 0 Å². The topological polar surface area (TPSA) is 69.4 Å². The normalized spacial score (nSPS) is 12.3. The van der Waals surface area contributed by atoms with E-state index in [-0.39, 0.29) is 28.3 Å². The number of nitro groups is 1. The van der Waals surface area contributed by atoms with Crippen LogP contribution in [0.3, 0.4) is 0 Å². The zero-order chi connectivity index (χ0) is 13.9. The summed E-state index contributed by atoms with van der Waals surface area (Å²) in [6, 6.07) is 4.05. The smallest absolute Gasteiger partial charge is 0.340 e. The molecule has 0 aromatic heterocycles. The number of hydrogen-bond acceptors (Lipinski definition) is 4. The number of carbonyl (C=O) groups is 1. The van der Waals surface area contributed by atoms with E-state index in [9.17, 15) is 14.9 Å². The highest BCUT2D eigenvalue weighted by Gasteiger charge is 2.22. The molecule has 0 aliphatic rings. The Labute approximate surface area is 110 Å². The lowest BCUT2D eigenvalue weighted by molar-refractivity contribution is -0.384.